The highest BCUT2D eigenvalue weighted by Gasteiger charge is 2.61. The van der Waals surface area contributed by atoms with Crippen LogP contribution in [0.15, 0.2) is 0 Å². The fourth-order valence-electron chi connectivity index (χ4n) is 7.74. The zero-order valence-corrected chi connectivity index (χ0v) is 31.1. The van der Waals surface area contributed by atoms with Gasteiger partial charge >= 0.3 is 6.03 Å². The van der Waals surface area contributed by atoms with Gasteiger partial charge in [-0.25, -0.2) is 13.2 Å². The topological polar surface area (TPSA) is 171 Å². The molecule has 4 N–H and O–H groups in total. The van der Waals surface area contributed by atoms with Crippen molar-refractivity contribution in [3.05, 3.63) is 0 Å². The van der Waals surface area contributed by atoms with E-state index in [1.807, 2.05) is 34.6 Å². The first-order valence-electron chi connectivity index (χ1n) is 17.1. The lowest BCUT2D eigenvalue weighted by molar-refractivity contribution is -0.145. The molecule has 0 aromatic carbocycles. The predicted molar refractivity (Wildman–Crippen MR) is 184 cm³/mol. The summed E-state index contributed by atoms with van der Waals surface area (Å²) in [7, 11) is -2.24. The molecule has 3 aliphatic rings. The summed E-state index contributed by atoms with van der Waals surface area (Å²) < 4.78 is 25.6. The summed E-state index contributed by atoms with van der Waals surface area (Å²) in [6.07, 6.45) is 9.93. The van der Waals surface area contributed by atoms with Gasteiger partial charge in [0.2, 0.25) is 17.6 Å². The number of rotatable bonds is 11. The normalized spacial score (nSPS) is 24.5. The third-order valence-electron chi connectivity index (χ3n) is 10.5. The van der Waals surface area contributed by atoms with Gasteiger partial charge in [0.25, 0.3) is 5.91 Å². The van der Waals surface area contributed by atoms with Crippen molar-refractivity contribution in [3.8, 4) is 12.3 Å². The second-order valence-electron chi connectivity index (χ2n) is 16.8. The van der Waals surface area contributed by atoms with E-state index in [1.165, 1.54) is 11.9 Å². The van der Waals surface area contributed by atoms with Crippen LogP contribution >= 0.6 is 0 Å². The molecule has 5 amide bonds. The maximum atomic E-state index is 14.5. The van der Waals surface area contributed by atoms with Gasteiger partial charge in [0, 0.05) is 20.0 Å². The molecule has 3 rings (SSSR count). The van der Waals surface area contributed by atoms with Crippen LogP contribution < -0.4 is 21.3 Å². The fraction of sp³-hybridized carbons (Fsp3) is 0.800. The molecule has 270 valence electrons. The van der Waals surface area contributed by atoms with Crippen LogP contribution in [0.4, 0.5) is 4.79 Å². The zero-order valence-electron chi connectivity index (χ0n) is 30.2. The number of hydrogen-bond donors (Lipinski definition) is 4. The molecule has 1 aliphatic heterocycles. The van der Waals surface area contributed by atoms with Crippen LogP contribution in [0.1, 0.15) is 107 Å². The first kappa shape index (κ1) is 39.3. The van der Waals surface area contributed by atoms with Crippen LogP contribution in [0.5, 0.6) is 0 Å². The molecule has 2 aliphatic carbocycles. The van der Waals surface area contributed by atoms with Gasteiger partial charge in [-0.1, -0.05) is 53.9 Å². The predicted octanol–water partition coefficient (Wildman–Crippen LogP) is 2.70. The Hall–Kier alpha value is -3.14. The largest absolute Gasteiger partial charge is 0.353 e. The molecule has 1 saturated heterocycles. The number of carbonyl (C=O) groups excluding carboxylic acids is 5. The van der Waals surface area contributed by atoms with Gasteiger partial charge in [0.1, 0.15) is 12.1 Å². The fourth-order valence-corrected chi connectivity index (χ4v) is 9.26. The summed E-state index contributed by atoms with van der Waals surface area (Å²) in [6.45, 7) is 14.8. The summed E-state index contributed by atoms with van der Waals surface area (Å²) in [4.78, 5) is 68.9. The molecule has 0 aromatic rings. The van der Waals surface area contributed by atoms with E-state index in [4.69, 9.17) is 6.42 Å². The molecule has 3 fully saturated rings. The summed E-state index contributed by atoms with van der Waals surface area (Å²) in [5.74, 6) is -0.585. The zero-order chi connectivity index (χ0) is 36.5. The molecule has 0 spiro atoms. The Balaban J connectivity index is 1.91. The number of likely N-dealkylation sites (N-methyl/N-ethyl adjacent to an activating group) is 1. The Labute approximate surface area is 287 Å². The maximum Gasteiger partial charge on any atom is 0.315 e. The van der Waals surface area contributed by atoms with E-state index in [0.717, 1.165) is 25.7 Å². The van der Waals surface area contributed by atoms with Crippen molar-refractivity contribution in [3.63, 3.8) is 0 Å². The van der Waals surface area contributed by atoms with Gasteiger partial charge in [0.05, 0.1) is 22.1 Å². The Bertz CT molecular complexity index is 1410. The quantitative estimate of drug-likeness (QED) is 0.191. The molecule has 0 aromatic heterocycles. The summed E-state index contributed by atoms with van der Waals surface area (Å²) in [5.41, 5.74) is -2.02. The highest BCUT2D eigenvalue weighted by molar-refractivity contribution is 7.92. The Morgan fingerprint density at radius 3 is 2.08 bits per heavy atom. The minimum Gasteiger partial charge on any atom is -0.353 e. The number of hydrogen-bond acceptors (Lipinski definition) is 7. The van der Waals surface area contributed by atoms with Crippen molar-refractivity contribution >= 4 is 39.4 Å². The van der Waals surface area contributed by atoms with Gasteiger partial charge in [0.15, 0.2) is 9.84 Å². The number of nitrogens with one attached hydrogen (secondary N) is 4. The third kappa shape index (κ3) is 8.52. The molecule has 12 nitrogen and oxygen atoms in total. The van der Waals surface area contributed by atoms with E-state index >= 15 is 0 Å². The van der Waals surface area contributed by atoms with E-state index in [-0.39, 0.29) is 35.8 Å². The van der Waals surface area contributed by atoms with Crippen molar-refractivity contribution in [1.82, 2.24) is 26.2 Å². The van der Waals surface area contributed by atoms with Crippen molar-refractivity contribution in [2.24, 2.45) is 22.7 Å². The average Bonchev–Trinajstić information content (AvgIpc) is 3.30. The summed E-state index contributed by atoms with van der Waals surface area (Å²) in [5, 5.41) is 10.9. The van der Waals surface area contributed by atoms with E-state index in [9.17, 15) is 32.4 Å². The van der Waals surface area contributed by atoms with Crippen molar-refractivity contribution in [2.45, 2.75) is 135 Å². The molecule has 48 heavy (non-hydrogen) atoms. The van der Waals surface area contributed by atoms with Crippen LogP contribution in [0.2, 0.25) is 0 Å². The third-order valence-corrected chi connectivity index (χ3v) is 13.3. The summed E-state index contributed by atoms with van der Waals surface area (Å²) >= 11 is 0. The van der Waals surface area contributed by atoms with E-state index < -0.39 is 73.2 Å². The van der Waals surface area contributed by atoms with Crippen LogP contribution in [0.25, 0.3) is 0 Å². The van der Waals surface area contributed by atoms with E-state index in [2.05, 4.69) is 27.2 Å². The second-order valence-corrected chi connectivity index (χ2v) is 19.5. The van der Waals surface area contributed by atoms with Crippen molar-refractivity contribution in [2.75, 3.05) is 19.3 Å². The van der Waals surface area contributed by atoms with Gasteiger partial charge < -0.3 is 26.2 Å². The number of ketones is 1. The Morgan fingerprint density at radius 2 is 1.58 bits per heavy atom. The second kappa shape index (κ2) is 14.4. The van der Waals surface area contributed by atoms with Gasteiger partial charge in [-0.3, -0.25) is 19.2 Å². The molecule has 0 radical (unpaired) electrons. The van der Waals surface area contributed by atoms with Crippen LogP contribution in [0, 0.1) is 35.0 Å². The Kier molecular flexibility index (Phi) is 11.8. The van der Waals surface area contributed by atoms with Crippen LogP contribution in [0.3, 0.4) is 0 Å². The number of amides is 5. The molecule has 5 atom stereocenters. The number of Topliss-reactive ketones (excluding diaryl/α,β-unsaturated/α-hetero) is 1. The standard InChI is InChI=1S/C35H57N5O7S/c1-11-12-16-23(26(41)29(43)36-10)37-28(42)25-24-22(19-34(24,8)9)20-40(25)30(44)27(32(2,3)4)38-31(45)39-35(17-14-13-15-18-35)21-48(46,47)33(5,6)7/h1,22-25,27H,12-21H2,2-10H3,(H,36,43)(H,37,42)(H2,38,39,45). The first-order chi connectivity index (χ1) is 22.0. The van der Waals surface area contributed by atoms with Crippen molar-refractivity contribution in [1.29, 1.82) is 0 Å². The smallest absolute Gasteiger partial charge is 0.315 e. The lowest BCUT2D eigenvalue weighted by atomic mass is 9.55. The molecular weight excluding hydrogens is 634 g/mol. The van der Waals surface area contributed by atoms with Gasteiger partial charge in [-0.15, -0.1) is 12.3 Å². The SMILES string of the molecule is C#CCCC(NC(=O)C1C2C(CN1C(=O)C(NC(=O)NC1(CS(=O)(=O)C(C)(C)C)CCCCC1)C(C)(C)C)CC2(C)C)C(=O)C(=O)NC. The highest BCUT2D eigenvalue weighted by Crippen LogP contribution is 2.57. The molecule has 1 heterocycles. The van der Waals surface area contributed by atoms with E-state index in [0.29, 0.717) is 19.4 Å². The molecule has 13 heteroatoms. The lowest BCUT2D eigenvalue weighted by Gasteiger charge is -2.49. The molecule has 5 unspecified atom stereocenters. The van der Waals surface area contributed by atoms with E-state index in [1.54, 1.807) is 20.8 Å². The lowest BCUT2D eigenvalue weighted by Crippen LogP contribution is -2.64. The number of sulfone groups is 1. The Morgan fingerprint density at radius 1 is 0.979 bits per heavy atom. The number of fused-ring (bicyclic) bond motifs is 1. The number of nitrogens with zero attached hydrogens (tertiary/aromatic N) is 1. The summed E-state index contributed by atoms with van der Waals surface area (Å²) in [6, 6.07) is -3.79. The molecule has 0 bridgehead atoms. The molecule has 2 saturated carbocycles. The number of likely N-dealkylation sites (tertiary alicyclic amines) is 1. The van der Waals surface area contributed by atoms with Gasteiger partial charge in [-0.05, 0) is 69.1 Å². The number of terminal acetylenes is 1. The van der Waals surface area contributed by atoms with Crippen molar-refractivity contribution < 1.29 is 32.4 Å². The molecular formula is C35H57N5O7S. The number of urea groups is 1. The minimum atomic E-state index is -3.57. The monoisotopic (exact) mass is 691 g/mol. The van der Waals surface area contributed by atoms with Crippen LogP contribution in [-0.4, -0.2) is 90.6 Å². The first-order valence-corrected chi connectivity index (χ1v) is 18.8. The van der Waals surface area contributed by atoms with Crippen LogP contribution in [-0.2, 0) is 29.0 Å². The highest BCUT2D eigenvalue weighted by atomic mass is 32.2. The van der Waals surface area contributed by atoms with Gasteiger partial charge in [-0.2, -0.15) is 0 Å². The maximum absolute atomic E-state index is 14.5. The minimum absolute atomic E-state index is 0.0426. The average molecular weight is 692 g/mol. The number of carbonyl (C=O) groups is 5.